The van der Waals surface area contributed by atoms with E-state index in [2.05, 4.69) is 61.5 Å². The maximum Gasteiger partial charge on any atom is 0.310 e. The van der Waals surface area contributed by atoms with Crippen molar-refractivity contribution in [2.24, 2.45) is 62.1 Å². The first-order valence-corrected chi connectivity index (χ1v) is 17.6. The van der Waals surface area contributed by atoms with Gasteiger partial charge in [0.15, 0.2) is 5.78 Å². The summed E-state index contributed by atoms with van der Waals surface area (Å²) < 4.78 is 6.30. The van der Waals surface area contributed by atoms with E-state index in [0.29, 0.717) is 35.4 Å². The van der Waals surface area contributed by atoms with Gasteiger partial charge in [-0.25, -0.2) is 0 Å². The molecule has 0 amide bonds. The first-order chi connectivity index (χ1) is 19.9. The summed E-state index contributed by atoms with van der Waals surface area (Å²) in [7, 11) is 0. The molecule has 6 rings (SSSR count). The minimum atomic E-state index is -0.875. The Morgan fingerprint density at radius 1 is 0.814 bits per heavy atom. The van der Waals surface area contributed by atoms with Gasteiger partial charge < -0.3 is 9.84 Å². The van der Waals surface area contributed by atoms with Crippen molar-refractivity contribution >= 4 is 17.7 Å². The number of hydrogen-bond donors (Lipinski definition) is 1. The van der Waals surface area contributed by atoms with Crippen LogP contribution < -0.4 is 0 Å². The lowest BCUT2D eigenvalue weighted by molar-refractivity contribution is -0.213. The second-order valence-corrected chi connectivity index (χ2v) is 18.5. The van der Waals surface area contributed by atoms with E-state index in [9.17, 15) is 19.5 Å². The normalized spacial score (nSPS) is 48.5. The van der Waals surface area contributed by atoms with Gasteiger partial charge in [-0.05, 0) is 116 Å². The molecule has 0 aliphatic heterocycles. The van der Waals surface area contributed by atoms with Crippen LogP contribution in [0.5, 0.6) is 0 Å². The summed E-state index contributed by atoms with van der Waals surface area (Å²) in [6, 6.07) is 0. The average Bonchev–Trinajstić information content (AvgIpc) is 2.92. The summed E-state index contributed by atoms with van der Waals surface area (Å²) in [6.07, 6.45) is 14.6. The number of hydrogen-bond acceptors (Lipinski definition) is 4. The van der Waals surface area contributed by atoms with E-state index in [1.807, 2.05) is 0 Å². The van der Waals surface area contributed by atoms with Gasteiger partial charge in [0, 0.05) is 11.3 Å². The Labute approximate surface area is 260 Å². The predicted molar refractivity (Wildman–Crippen MR) is 168 cm³/mol. The van der Waals surface area contributed by atoms with E-state index in [0.717, 1.165) is 38.5 Å². The van der Waals surface area contributed by atoms with Crippen molar-refractivity contribution in [3.8, 4) is 0 Å². The number of esters is 1. The van der Waals surface area contributed by atoms with Crippen molar-refractivity contribution in [1.29, 1.82) is 0 Å². The van der Waals surface area contributed by atoms with Crippen molar-refractivity contribution in [3.63, 3.8) is 0 Å². The van der Waals surface area contributed by atoms with Crippen LogP contribution in [0.1, 0.15) is 139 Å². The number of fused-ring (bicyclic) bond motifs is 7. The number of carboxylic acid groups (broad SMARTS) is 1. The first kappa shape index (κ1) is 31.3. The first-order valence-electron chi connectivity index (χ1n) is 17.6. The zero-order valence-electron chi connectivity index (χ0n) is 28.3. The lowest BCUT2D eigenvalue weighted by Crippen LogP contribution is -2.66. The van der Waals surface area contributed by atoms with Crippen LogP contribution in [0.2, 0.25) is 0 Å². The molecular weight excluding hydrogens is 536 g/mol. The summed E-state index contributed by atoms with van der Waals surface area (Å²) in [6.45, 7) is 19.2. The molecule has 0 heterocycles. The van der Waals surface area contributed by atoms with Crippen LogP contribution in [0.3, 0.4) is 0 Å². The third-order valence-electron chi connectivity index (χ3n) is 15.4. The molecule has 0 radical (unpaired) electrons. The SMILES string of the molecule is CC1(C)CC[C@]2(C)CCC3(C)C(=CC(=O)C4[C@@]5(C)CC[C@H](OC(=O)[C@@H]6CCCC[C@H]6C(=O)O)C(C)(C)C5CC[C@]43C)[C@@H]2C1. The average molecular weight is 595 g/mol. The summed E-state index contributed by atoms with van der Waals surface area (Å²) in [5, 5.41) is 9.78. The predicted octanol–water partition coefficient (Wildman–Crippen LogP) is 8.79. The highest BCUT2D eigenvalue weighted by Gasteiger charge is 2.70. The Kier molecular flexibility index (Phi) is 7.23. The monoisotopic (exact) mass is 594 g/mol. The highest BCUT2D eigenvalue weighted by Crippen LogP contribution is 2.75. The molecule has 6 aliphatic rings. The number of carboxylic acids is 1. The van der Waals surface area contributed by atoms with Gasteiger partial charge in [-0.2, -0.15) is 0 Å². The third kappa shape index (κ3) is 4.46. The maximum atomic E-state index is 14.6. The topological polar surface area (TPSA) is 80.7 Å². The van der Waals surface area contributed by atoms with E-state index in [-0.39, 0.29) is 45.6 Å². The number of allylic oxidation sites excluding steroid dienone is 2. The lowest BCUT2D eigenvalue weighted by atomic mass is 9.33. The number of ether oxygens (including phenoxy) is 1. The number of aliphatic carboxylic acids is 1. The molecular formula is C38H58O5. The largest absolute Gasteiger partial charge is 0.481 e. The molecule has 5 nitrogen and oxygen atoms in total. The molecule has 5 saturated carbocycles. The molecule has 0 saturated heterocycles. The maximum absolute atomic E-state index is 14.6. The van der Waals surface area contributed by atoms with Crippen LogP contribution in [0, 0.1) is 62.1 Å². The fourth-order valence-electron chi connectivity index (χ4n) is 12.5. The fourth-order valence-corrected chi connectivity index (χ4v) is 12.5. The fraction of sp³-hybridized carbons (Fsp3) is 0.868. The number of carbonyl (C=O) groups excluding carboxylic acids is 2. The number of rotatable bonds is 3. The molecule has 10 atom stereocenters. The van der Waals surface area contributed by atoms with Gasteiger partial charge in [0.2, 0.25) is 0 Å². The molecule has 43 heavy (non-hydrogen) atoms. The minimum Gasteiger partial charge on any atom is -0.481 e. The zero-order valence-corrected chi connectivity index (χ0v) is 28.3. The van der Waals surface area contributed by atoms with Gasteiger partial charge in [-0.3, -0.25) is 14.4 Å². The Bertz CT molecular complexity index is 1230. The van der Waals surface area contributed by atoms with Gasteiger partial charge in [0.25, 0.3) is 0 Å². The van der Waals surface area contributed by atoms with Crippen LogP contribution in [-0.2, 0) is 19.1 Å². The van der Waals surface area contributed by atoms with Crippen molar-refractivity contribution in [1.82, 2.24) is 0 Å². The van der Waals surface area contributed by atoms with Crippen molar-refractivity contribution < 1.29 is 24.2 Å². The van der Waals surface area contributed by atoms with Crippen LogP contribution in [0.4, 0.5) is 0 Å². The molecule has 0 aromatic carbocycles. The number of carbonyl (C=O) groups is 3. The second kappa shape index (κ2) is 9.92. The Morgan fingerprint density at radius 3 is 2.14 bits per heavy atom. The van der Waals surface area contributed by atoms with E-state index < -0.39 is 17.8 Å². The van der Waals surface area contributed by atoms with Crippen LogP contribution >= 0.6 is 0 Å². The molecule has 0 aromatic rings. The minimum absolute atomic E-state index is 0.0252. The summed E-state index contributed by atoms with van der Waals surface area (Å²) in [5.41, 5.74) is 1.57. The van der Waals surface area contributed by atoms with Crippen molar-refractivity contribution in [2.45, 2.75) is 145 Å². The van der Waals surface area contributed by atoms with Gasteiger partial charge in [-0.1, -0.05) is 73.8 Å². The molecule has 240 valence electrons. The second-order valence-electron chi connectivity index (χ2n) is 18.5. The Morgan fingerprint density at radius 2 is 1.47 bits per heavy atom. The van der Waals surface area contributed by atoms with E-state index in [4.69, 9.17) is 4.74 Å². The zero-order chi connectivity index (χ0) is 31.4. The quantitative estimate of drug-likeness (QED) is 0.330. The van der Waals surface area contributed by atoms with E-state index in [1.165, 1.54) is 37.7 Å². The highest BCUT2D eigenvalue weighted by atomic mass is 16.5. The van der Waals surface area contributed by atoms with Gasteiger partial charge in [-0.15, -0.1) is 0 Å². The molecule has 5 fully saturated rings. The van der Waals surface area contributed by atoms with Crippen molar-refractivity contribution in [2.75, 3.05) is 0 Å². The molecule has 3 unspecified atom stereocenters. The van der Waals surface area contributed by atoms with E-state index in [1.54, 1.807) is 0 Å². The van der Waals surface area contributed by atoms with Gasteiger partial charge >= 0.3 is 11.9 Å². The highest BCUT2D eigenvalue weighted by molar-refractivity contribution is 5.95. The van der Waals surface area contributed by atoms with Gasteiger partial charge in [0.1, 0.15) is 6.10 Å². The number of ketones is 1. The van der Waals surface area contributed by atoms with Crippen LogP contribution in [0.25, 0.3) is 0 Å². The molecule has 1 N–H and O–H groups in total. The van der Waals surface area contributed by atoms with Crippen LogP contribution in [0.15, 0.2) is 11.6 Å². The standard InChI is InChI=1S/C38H58O5/c1-33(2)17-18-35(5)19-20-37(7)25(26(35)22-33)21-27(39)30-36(6)15-14-29(34(3,4)28(36)13-16-38(30,37)8)43-32(42)24-12-10-9-11-23(24)31(40)41/h21,23-24,26,28-30H,9-20,22H2,1-8H3,(H,40,41)/t23-,24-,26+,28?,29+,30?,35-,36+,37?,38-/m1/s1. The third-order valence-corrected chi connectivity index (χ3v) is 15.4. The summed E-state index contributed by atoms with van der Waals surface area (Å²) >= 11 is 0. The summed E-state index contributed by atoms with van der Waals surface area (Å²) in [4.78, 5) is 40.0. The van der Waals surface area contributed by atoms with Crippen LogP contribution in [-0.4, -0.2) is 28.9 Å². The van der Waals surface area contributed by atoms with E-state index >= 15 is 0 Å². The lowest BCUT2D eigenvalue weighted by Gasteiger charge is -2.70. The Balaban J connectivity index is 1.30. The molecule has 5 heteroatoms. The molecule has 6 aliphatic carbocycles. The Hall–Kier alpha value is -1.65. The molecule has 0 spiro atoms. The molecule has 0 aromatic heterocycles. The molecule has 0 bridgehead atoms. The van der Waals surface area contributed by atoms with Gasteiger partial charge in [0.05, 0.1) is 11.8 Å². The summed E-state index contributed by atoms with van der Waals surface area (Å²) in [5.74, 6) is -1.30. The van der Waals surface area contributed by atoms with Crippen molar-refractivity contribution in [3.05, 3.63) is 11.6 Å². The smallest absolute Gasteiger partial charge is 0.310 e.